The molecule has 0 heterocycles. The fourth-order valence-corrected chi connectivity index (χ4v) is 2.54. The predicted molar refractivity (Wildman–Crippen MR) is 61.5 cm³/mol. The van der Waals surface area contributed by atoms with Gasteiger partial charge in [0.2, 0.25) is 0 Å². The summed E-state index contributed by atoms with van der Waals surface area (Å²) in [5, 5.41) is 0. The summed E-state index contributed by atoms with van der Waals surface area (Å²) in [4.78, 5) is 0. The van der Waals surface area contributed by atoms with Crippen molar-refractivity contribution in [3.8, 4) is 0 Å². The minimum atomic E-state index is 0.963. The van der Waals surface area contributed by atoms with Crippen LogP contribution in [0, 0.1) is 12.8 Å². The van der Waals surface area contributed by atoms with Crippen molar-refractivity contribution in [2.75, 3.05) is 0 Å². The second kappa shape index (κ2) is 4.63. The first kappa shape index (κ1) is 9.76. The predicted octanol–water partition coefficient (Wildman–Crippen LogP) is 4.12. The molecule has 0 aromatic heterocycles. The van der Waals surface area contributed by atoms with Crippen LogP contribution in [0.2, 0.25) is 0 Å². The number of rotatable bonds is 2. The van der Waals surface area contributed by atoms with E-state index in [1.807, 2.05) is 0 Å². The number of benzene rings is 1. The molecule has 14 heavy (non-hydrogen) atoms. The Labute approximate surface area is 87.3 Å². The van der Waals surface area contributed by atoms with Gasteiger partial charge in [-0.2, -0.15) is 0 Å². The third kappa shape index (κ3) is 2.37. The maximum absolute atomic E-state index is 2.30. The standard InChI is InChI=1S/C14H20/c1-12-7-5-6-10-14(12)11-13-8-3-2-4-9-13/h5-7,10,13H,2-4,8-9,11H2,1H3. The van der Waals surface area contributed by atoms with Gasteiger partial charge in [0.05, 0.1) is 0 Å². The van der Waals surface area contributed by atoms with Gasteiger partial charge in [0.25, 0.3) is 0 Å². The lowest BCUT2D eigenvalue weighted by molar-refractivity contribution is 0.356. The van der Waals surface area contributed by atoms with Gasteiger partial charge in [-0.3, -0.25) is 0 Å². The van der Waals surface area contributed by atoms with Gasteiger partial charge >= 0.3 is 0 Å². The maximum atomic E-state index is 2.30. The maximum Gasteiger partial charge on any atom is -0.0248 e. The Bertz CT molecular complexity index is 282. The number of hydrogen-bond acceptors (Lipinski definition) is 0. The molecule has 1 aliphatic rings. The van der Waals surface area contributed by atoms with Crippen LogP contribution < -0.4 is 0 Å². The smallest absolute Gasteiger partial charge is 0.0248 e. The summed E-state index contributed by atoms with van der Waals surface area (Å²) in [7, 11) is 0. The van der Waals surface area contributed by atoms with E-state index in [1.54, 1.807) is 5.56 Å². The van der Waals surface area contributed by atoms with Crippen molar-refractivity contribution >= 4 is 0 Å². The van der Waals surface area contributed by atoms with Gasteiger partial charge in [0.15, 0.2) is 0 Å². The first-order valence-electron chi connectivity index (χ1n) is 5.91. The van der Waals surface area contributed by atoms with Crippen LogP contribution in [0.1, 0.15) is 43.2 Å². The Balaban J connectivity index is 1.99. The molecule has 0 saturated heterocycles. The van der Waals surface area contributed by atoms with Crippen LogP contribution in [-0.4, -0.2) is 0 Å². The SMILES string of the molecule is Cc1ccccc1CC1CCCCC1. The Morgan fingerprint density at radius 3 is 2.50 bits per heavy atom. The van der Waals surface area contributed by atoms with Crippen LogP contribution in [0.15, 0.2) is 24.3 Å². The van der Waals surface area contributed by atoms with E-state index in [-0.39, 0.29) is 0 Å². The van der Waals surface area contributed by atoms with Crippen molar-refractivity contribution < 1.29 is 0 Å². The molecule has 0 nitrogen and oxygen atoms in total. The molecule has 0 radical (unpaired) electrons. The van der Waals surface area contributed by atoms with E-state index in [4.69, 9.17) is 0 Å². The molecular weight excluding hydrogens is 168 g/mol. The van der Waals surface area contributed by atoms with Crippen molar-refractivity contribution in [2.45, 2.75) is 45.4 Å². The van der Waals surface area contributed by atoms with Crippen molar-refractivity contribution in [3.63, 3.8) is 0 Å². The largest absolute Gasteiger partial charge is 0.0620 e. The summed E-state index contributed by atoms with van der Waals surface area (Å²) in [5.41, 5.74) is 3.04. The molecule has 0 amide bonds. The highest BCUT2D eigenvalue weighted by atomic mass is 14.2. The minimum Gasteiger partial charge on any atom is -0.0620 e. The lowest BCUT2D eigenvalue weighted by atomic mass is 9.84. The average Bonchev–Trinajstić information content (AvgIpc) is 2.23. The van der Waals surface area contributed by atoms with E-state index >= 15 is 0 Å². The molecule has 1 aromatic carbocycles. The third-order valence-electron chi connectivity index (χ3n) is 3.49. The fourth-order valence-electron chi connectivity index (χ4n) is 2.54. The lowest BCUT2D eigenvalue weighted by Crippen LogP contribution is -2.09. The minimum absolute atomic E-state index is 0.963. The van der Waals surface area contributed by atoms with E-state index in [1.165, 1.54) is 44.1 Å². The van der Waals surface area contributed by atoms with Crippen LogP contribution >= 0.6 is 0 Å². The van der Waals surface area contributed by atoms with E-state index < -0.39 is 0 Å². The van der Waals surface area contributed by atoms with Gasteiger partial charge < -0.3 is 0 Å². The summed E-state index contributed by atoms with van der Waals surface area (Å²) in [5.74, 6) is 0.963. The first-order chi connectivity index (χ1) is 6.86. The van der Waals surface area contributed by atoms with Gasteiger partial charge in [-0.25, -0.2) is 0 Å². The zero-order valence-electron chi connectivity index (χ0n) is 9.13. The van der Waals surface area contributed by atoms with Crippen molar-refractivity contribution in [3.05, 3.63) is 35.4 Å². The molecular formula is C14H20. The molecule has 1 fully saturated rings. The van der Waals surface area contributed by atoms with E-state index in [0.717, 1.165) is 5.92 Å². The molecule has 0 spiro atoms. The van der Waals surface area contributed by atoms with Gasteiger partial charge in [0.1, 0.15) is 0 Å². The summed E-state index contributed by atoms with van der Waals surface area (Å²) in [6.07, 6.45) is 8.59. The van der Waals surface area contributed by atoms with E-state index in [0.29, 0.717) is 0 Å². The molecule has 0 aliphatic heterocycles. The Hall–Kier alpha value is -0.780. The normalized spacial score (nSPS) is 18.4. The molecule has 76 valence electrons. The highest BCUT2D eigenvalue weighted by Crippen LogP contribution is 2.27. The van der Waals surface area contributed by atoms with Gasteiger partial charge in [-0.15, -0.1) is 0 Å². The van der Waals surface area contributed by atoms with Crippen LogP contribution in [0.25, 0.3) is 0 Å². The highest BCUT2D eigenvalue weighted by Gasteiger charge is 2.14. The van der Waals surface area contributed by atoms with Crippen LogP contribution in [0.5, 0.6) is 0 Å². The fraction of sp³-hybridized carbons (Fsp3) is 0.571. The van der Waals surface area contributed by atoms with Crippen LogP contribution in [0.4, 0.5) is 0 Å². The average molecular weight is 188 g/mol. The Morgan fingerprint density at radius 2 is 1.79 bits per heavy atom. The molecule has 1 saturated carbocycles. The molecule has 1 aromatic rings. The molecule has 0 heteroatoms. The van der Waals surface area contributed by atoms with E-state index in [9.17, 15) is 0 Å². The zero-order chi connectivity index (χ0) is 9.80. The van der Waals surface area contributed by atoms with Crippen molar-refractivity contribution in [2.24, 2.45) is 5.92 Å². The molecule has 0 atom stereocenters. The molecule has 1 aliphatic carbocycles. The summed E-state index contributed by atoms with van der Waals surface area (Å²) >= 11 is 0. The van der Waals surface area contributed by atoms with Gasteiger partial charge in [-0.05, 0) is 30.4 Å². The Morgan fingerprint density at radius 1 is 1.07 bits per heavy atom. The lowest BCUT2D eigenvalue weighted by Gasteiger charge is -2.22. The molecule has 0 unspecified atom stereocenters. The van der Waals surface area contributed by atoms with Crippen LogP contribution in [0.3, 0.4) is 0 Å². The second-order valence-electron chi connectivity index (χ2n) is 4.63. The number of hydrogen-bond donors (Lipinski definition) is 0. The third-order valence-corrected chi connectivity index (χ3v) is 3.49. The quantitative estimate of drug-likeness (QED) is 0.655. The first-order valence-corrected chi connectivity index (χ1v) is 5.91. The summed E-state index contributed by atoms with van der Waals surface area (Å²) < 4.78 is 0. The summed E-state index contributed by atoms with van der Waals surface area (Å²) in [6.45, 7) is 2.23. The summed E-state index contributed by atoms with van der Waals surface area (Å²) in [6, 6.07) is 8.84. The zero-order valence-corrected chi connectivity index (χ0v) is 9.13. The number of aryl methyl sites for hydroxylation is 1. The Kier molecular flexibility index (Phi) is 3.23. The van der Waals surface area contributed by atoms with Crippen LogP contribution in [-0.2, 0) is 6.42 Å². The monoisotopic (exact) mass is 188 g/mol. The highest BCUT2D eigenvalue weighted by molar-refractivity contribution is 5.25. The van der Waals surface area contributed by atoms with Gasteiger partial charge in [0, 0.05) is 0 Å². The topological polar surface area (TPSA) is 0 Å². The second-order valence-corrected chi connectivity index (χ2v) is 4.63. The van der Waals surface area contributed by atoms with E-state index in [2.05, 4.69) is 31.2 Å². The van der Waals surface area contributed by atoms with Gasteiger partial charge in [-0.1, -0.05) is 56.4 Å². The van der Waals surface area contributed by atoms with Crippen molar-refractivity contribution in [1.29, 1.82) is 0 Å². The molecule has 0 N–H and O–H groups in total. The molecule has 2 rings (SSSR count). The molecule has 0 bridgehead atoms. The van der Waals surface area contributed by atoms with Crippen molar-refractivity contribution in [1.82, 2.24) is 0 Å².